The van der Waals surface area contributed by atoms with E-state index in [0.29, 0.717) is 12.5 Å². The van der Waals surface area contributed by atoms with Gasteiger partial charge in [-0.1, -0.05) is 17.8 Å². The molecule has 0 radical (unpaired) electrons. The number of hydrogen-bond acceptors (Lipinski definition) is 5. The number of thioether (sulfide) groups is 1. The van der Waals surface area contributed by atoms with E-state index >= 15 is 0 Å². The number of nitrogens with two attached hydrogens (primary N) is 1. The quantitative estimate of drug-likeness (QED) is 0.837. The first kappa shape index (κ1) is 13.7. The molecule has 0 saturated heterocycles. The van der Waals surface area contributed by atoms with E-state index in [2.05, 4.69) is 10.2 Å². The van der Waals surface area contributed by atoms with Crippen molar-refractivity contribution in [1.29, 1.82) is 0 Å². The molecule has 0 atom stereocenters. The molecule has 0 spiro atoms. The Morgan fingerprint density at radius 3 is 2.84 bits per heavy atom. The van der Waals surface area contributed by atoms with E-state index in [1.807, 2.05) is 24.5 Å². The molecule has 0 aliphatic carbocycles. The second kappa shape index (κ2) is 5.92. The fourth-order valence-electron chi connectivity index (χ4n) is 1.75. The molecule has 2 aromatic heterocycles. The summed E-state index contributed by atoms with van der Waals surface area (Å²) in [5.41, 5.74) is 5.78. The molecule has 0 saturated carbocycles. The summed E-state index contributed by atoms with van der Waals surface area (Å²) in [4.78, 5) is 11.5. The van der Waals surface area contributed by atoms with Crippen LogP contribution in [0.5, 0.6) is 0 Å². The van der Waals surface area contributed by atoms with E-state index < -0.39 is 0 Å². The maximum absolute atomic E-state index is 11.5. The van der Waals surface area contributed by atoms with E-state index in [0.717, 1.165) is 10.9 Å². The lowest BCUT2D eigenvalue weighted by Gasteiger charge is -2.11. The number of aromatic nitrogens is 4. The Morgan fingerprint density at radius 2 is 2.16 bits per heavy atom. The molecule has 2 N–H and O–H groups in total. The Kier molecular flexibility index (Phi) is 4.26. The Balaban J connectivity index is 2.01. The lowest BCUT2D eigenvalue weighted by molar-refractivity contribution is 0.556. The Hall–Kier alpha value is -1.76. The number of nitrogens with zero attached hydrogens (tertiary/aromatic N) is 4. The van der Waals surface area contributed by atoms with E-state index in [1.165, 1.54) is 0 Å². The van der Waals surface area contributed by atoms with Gasteiger partial charge in [0.2, 0.25) is 5.95 Å². The van der Waals surface area contributed by atoms with Gasteiger partial charge in [-0.15, -0.1) is 10.2 Å². The van der Waals surface area contributed by atoms with Crippen molar-refractivity contribution in [2.75, 3.05) is 11.5 Å². The van der Waals surface area contributed by atoms with Crippen LogP contribution >= 0.6 is 11.8 Å². The largest absolute Gasteiger partial charge is 0.368 e. The minimum Gasteiger partial charge on any atom is -0.368 e. The van der Waals surface area contributed by atoms with Crippen molar-refractivity contribution >= 4 is 17.7 Å². The molecule has 0 fully saturated rings. The van der Waals surface area contributed by atoms with Gasteiger partial charge in [-0.05, 0) is 19.9 Å². The summed E-state index contributed by atoms with van der Waals surface area (Å²) in [5, 5.41) is 8.72. The van der Waals surface area contributed by atoms with Gasteiger partial charge in [0.25, 0.3) is 5.56 Å². The Bertz CT molecular complexity index is 604. The summed E-state index contributed by atoms with van der Waals surface area (Å²) in [6.07, 6.45) is 1.78. The standard InChI is InChI=1S/C12H17N5OS/c1-9(2)17-11(13)14-15-12(17)19-8-7-16-6-4-3-5-10(16)18/h3-6,9H,7-8H2,1-2H3,(H2,13,14). The van der Waals surface area contributed by atoms with Gasteiger partial charge in [-0.25, -0.2) is 0 Å². The number of nitrogen functional groups attached to an aromatic ring is 1. The van der Waals surface area contributed by atoms with Crippen LogP contribution < -0.4 is 11.3 Å². The van der Waals surface area contributed by atoms with Crippen LogP contribution in [0.4, 0.5) is 5.95 Å². The summed E-state index contributed by atoms with van der Waals surface area (Å²) in [6.45, 7) is 4.70. The zero-order chi connectivity index (χ0) is 13.8. The molecule has 0 aliphatic rings. The number of aryl methyl sites for hydroxylation is 1. The van der Waals surface area contributed by atoms with Gasteiger partial charge >= 0.3 is 0 Å². The third kappa shape index (κ3) is 3.17. The van der Waals surface area contributed by atoms with Gasteiger partial charge in [0.1, 0.15) is 0 Å². The number of rotatable bonds is 5. The molecule has 0 unspecified atom stereocenters. The summed E-state index contributed by atoms with van der Waals surface area (Å²) in [7, 11) is 0. The molecule has 2 aromatic rings. The first-order valence-corrected chi connectivity index (χ1v) is 7.07. The average molecular weight is 279 g/mol. The smallest absolute Gasteiger partial charge is 0.250 e. The lowest BCUT2D eigenvalue weighted by atomic mass is 10.4. The maximum Gasteiger partial charge on any atom is 0.250 e. The molecule has 0 amide bonds. The number of anilines is 1. The van der Waals surface area contributed by atoms with Crippen LogP contribution in [0, 0.1) is 0 Å². The predicted octanol–water partition coefficient (Wildman–Crippen LogP) is 1.40. The van der Waals surface area contributed by atoms with Gasteiger partial charge in [-0.3, -0.25) is 9.36 Å². The van der Waals surface area contributed by atoms with Gasteiger partial charge < -0.3 is 10.3 Å². The molecule has 0 bridgehead atoms. The monoisotopic (exact) mass is 279 g/mol. The molecule has 19 heavy (non-hydrogen) atoms. The minimum atomic E-state index is 0.00735. The van der Waals surface area contributed by atoms with Crippen LogP contribution in [0.3, 0.4) is 0 Å². The van der Waals surface area contributed by atoms with Crippen LogP contribution in [-0.4, -0.2) is 25.1 Å². The first-order valence-electron chi connectivity index (χ1n) is 6.08. The van der Waals surface area contributed by atoms with Crippen LogP contribution in [-0.2, 0) is 6.54 Å². The molecule has 0 aromatic carbocycles. The van der Waals surface area contributed by atoms with E-state index in [9.17, 15) is 4.79 Å². The fourth-order valence-corrected chi connectivity index (χ4v) is 2.77. The molecule has 2 rings (SSSR count). The SMILES string of the molecule is CC(C)n1c(N)nnc1SCCn1ccccc1=O. The summed E-state index contributed by atoms with van der Waals surface area (Å²) >= 11 is 1.55. The highest BCUT2D eigenvalue weighted by Crippen LogP contribution is 2.22. The van der Waals surface area contributed by atoms with Crippen molar-refractivity contribution in [3.05, 3.63) is 34.7 Å². The van der Waals surface area contributed by atoms with Crippen molar-refractivity contribution in [3.8, 4) is 0 Å². The third-order valence-corrected chi connectivity index (χ3v) is 3.59. The summed E-state index contributed by atoms with van der Waals surface area (Å²) in [6, 6.07) is 5.36. The Morgan fingerprint density at radius 1 is 1.37 bits per heavy atom. The number of pyridine rings is 1. The second-order valence-corrected chi connectivity index (χ2v) is 5.45. The zero-order valence-corrected chi connectivity index (χ0v) is 11.8. The van der Waals surface area contributed by atoms with Crippen molar-refractivity contribution in [1.82, 2.24) is 19.3 Å². The van der Waals surface area contributed by atoms with Gasteiger partial charge in [0, 0.05) is 30.6 Å². The lowest BCUT2D eigenvalue weighted by Crippen LogP contribution is -2.18. The van der Waals surface area contributed by atoms with E-state index in [1.54, 1.807) is 34.7 Å². The fraction of sp³-hybridized carbons (Fsp3) is 0.417. The van der Waals surface area contributed by atoms with E-state index in [4.69, 9.17) is 5.73 Å². The molecular formula is C12H17N5OS. The van der Waals surface area contributed by atoms with Gasteiger partial charge in [0.15, 0.2) is 5.16 Å². The summed E-state index contributed by atoms with van der Waals surface area (Å²) < 4.78 is 3.56. The molecule has 0 aliphatic heterocycles. The third-order valence-electron chi connectivity index (χ3n) is 2.67. The van der Waals surface area contributed by atoms with Crippen molar-refractivity contribution in [3.63, 3.8) is 0 Å². The van der Waals surface area contributed by atoms with Crippen molar-refractivity contribution < 1.29 is 0 Å². The molecule has 2 heterocycles. The molecular weight excluding hydrogens is 262 g/mol. The predicted molar refractivity (Wildman–Crippen MR) is 76.2 cm³/mol. The first-order chi connectivity index (χ1) is 9.09. The highest BCUT2D eigenvalue weighted by Gasteiger charge is 2.12. The molecule has 102 valence electrons. The van der Waals surface area contributed by atoms with Crippen LogP contribution in [0.2, 0.25) is 0 Å². The van der Waals surface area contributed by atoms with Gasteiger partial charge in [-0.2, -0.15) is 0 Å². The van der Waals surface area contributed by atoms with Crippen molar-refractivity contribution in [2.24, 2.45) is 0 Å². The molecule has 6 nitrogen and oxygen atoms in total. The second-order valence-electron chi connectivity index (χ2n) is 4.39. The maximum atomic E-state index is 11.5. The van der Waals surface area contributed by atoms with E-state index in [-0.39, 0.29) is 11.6 Å². The van der Waals surface area contributed by atoms with Crippen LogP contribution in [0.25, 0.3) is 0 Å². The highest BCUT2D eigenvalue weighted by atomic mass is 32.2. The van der Waals surface area contributed by atoms with Crippen molar-refractivity contribution in [2.45, 2.75) is 31.6 Å². The normalized spacial score (nSPS) is 11.1. The van der Waals surface area contributed by atoms with Crippen LogP contribution in [0.1, 0.15) is 19.9 Å². The zero-order valence-electron chi connectivity index (χ0n) is 11.0. The van der Waals surface area contributed by atoms with Gasteiger partial charge in [0.05, 0.1) is 0 Å². The number of hydrogen-bond donors (Lipinski definition) is 1. The Labute approximate surface area is 115 Å². The van der Waals surface area contributed by atoms with Crippen LogP contribution in [0.15, 0.2) is 34.3 Å². The minimum absolute atomic E-state index is 0.00735. The topological polar surface area (TPSA) is 78.7 Å². The average Bonchev–Trinajstić information content (AvgIpc) is 2.73. The summed E-state index contributed by atoms with van der Waals surface area (Å²) in [5.74, 6) is 1.17. The highest BCUT2D eigenvalue weighted by molar-refractivity contribution is 7.99. The molecule has 7 heteroatoms.